The largest absolute Gasteiger partial charge is 0.491 e. The van der Waals surface area contributed by atoms with Crippen molar-refractivity contribution in [3.63, 3.8) is 0 Å². The fourth-order valence-electron chi connectivity index (χ4n) is 2.74. The molecule has 1 amide bonds. The third kappa shape index (κ3) is 2.33. The monoisotopic (exact) mass is 276 g/mol. The Morgan fingerprint density at radius 1 is 1.50 bits per heavy atom. The van der Waals surface area contributed by atoms with Crippen LogP contribution in [0.4, 0.5) is 0 Å². The summed E-state index contributed by atoms with van der Waals surface area (Å²) in [5.74, 6) is 1.61. The molecule has 3 rings (SSSR count). The minimum atomic E-state index is -0.357. The number of carbonyl (C=O) groups excluding carboxylic acids is 1. The molecule has 0 bridgehead atoms. The van der Waals surface area contributed by atoms with Crippen LogP contribution in [0.1, 0.15) is 24.9 Å². The molecule has 108 valence electrons. The van der Waals surface area contributed by atoms with Crippen molar-refractivity contribution < 1.29 is 14.3 Å². The van der Waals surface area contributed by atoms with Gasteiger partial charge in [-0.25, -0.2) is 0 Å². The number of hydrogen-bond donors (Lipinski definition) is 1. The van der Waals surface area contributed by atoms with Gasteiger partial charge in [-0.2, -0.15) is 0 Å². The number of fused-ring (bicyclic) bond motifs is 1. The van der Waals surface area contributed by atoms with Gasteiger partial charge in [-0.05, 0) is 18.7 Å². The zero-order valence-electron chi connectivity index (χ0n) is 11.9. The van der Waals surface area contributed by atoms with Crippen LogP contribution in [0.5, 0.6) is 11.5 Å². The standard InChI is InChI=1S/C15H20N2O3/c1-3-16-12-9-19-14-8-10(4-5-11(12)14)20-13-6-7-17(2)15(13)18/h4-5,8,12-13,16H,3,6-7,9H2,1-2H3. The average Bonchev–Trinajstić information content (AvgIpc) is 2.98. The number of ether oxygens (including phenoxy) is 2. The molecule has 1 saturated heterocycles. The van der Waals surface area contributed by atoms with Gasteiger partial charge in [-0.3, -0.25) is 4.79 Å². The smallest absolute Gasteiger partial charge is 0.263 e. The topological polar surface area (TPSA) is 50.8 Å². The molecule has 5 nitrogen and oxygen atoms in total. The van der Waals surface area contributed by atoms with Crippen molar-refractivity contribution in [3.8, 4) is 11.5 Å². The van der Waals surface area contributed by atoms with Crippen LogP contribution in [0.15, 0.2) is 18.2 Å². The van der Waals surface area contributed by atoms with Crippen molar-refractivity contribution in [1.29, 1.82) is 0 Å². The van der Waals surface area contributed by atoms with Gasteiger partial charge in [0.15, 0.2) is 6.10 Å². The molecule has 0 spiro atoms. The maximum Gasteiger partial charge on any atom is 0.263 e. The summed E-state index contributed by atoms with van der Waals surface area (Å²) < 4.78 is 11.5. The summed E-state index contributed by atoms with van der Waals surface area (Å²) >= 11 is 0. The highest BCUT2D eigenvalue weighted by atomic mass is 16.5. The summed E-state index contributed by atoms with van der Waals surface area (Å²) in [6.45, 7) is 4.40. The molecule has 1 N–H and O–H groups in total. The molecule has 2 atom stereocenters. The van der Waals surface area contributed by atoms with E-state index in [1.54, 1.807) is 11.9 Å². The number of hydrogen-bond acceptors (Lipinski definition) is 4. The molecular weight excluding hydrogens is 256 g/mol. The molecule has 0 saturated carbocycles. The molecule has 0 aromatic heterocycles. The second-order valence-electron chi connectivity index (χ2n) is 5.28. The Bertz CT molecular complexity index is 518. The maximum absolute atomic E-state index is 11.8. The molecule has 5 heteroatoms. The Labute approximate surface area is 118 Å². The highest BCUT2D eigenvalue weighted by molar-refractivity contribution is 5.83. The molecule has 20 heavy (non-hydrogen) atoms. The van der Waals surface area contributed by atoms with Gasteiger partial charge in [0.05, 0.1) is 6.04 Å². The predicted octanol–water partition coefficient (Wildman–Crippen LogP) is 1.34. The number of nitrogens with one attached hydrogen (secondary N) is 1. The molecular formula is C15H20N2O3. The Kier molecular flexibility index (Phi) is 3.53. The number of nitrogens with zero attached hydrogens (tertiary/aromatic N) is 1. The molecule has 2 aliphatic rings. The van der Waals surface area contributed by atoms with Gasteiger partial charge in [0, 0.05) is 31.6 Å². The summed E-state index contributed by atoms with van der Waals surface area (Å²) in [6, 6.07) is 6.08. The summed E-state index contributed by atoms with van der Waals surface area (Å²) in [6.07, 6.45) is 0.386. The van der Waals surface area contributed by atoms with Gasteiger partial charge in [-0.1, -0.05) is 6.92 Å². The summed E-state index contributed by atoms with van der Waals surface area (Å²) in [5.41, 5.74) is 1.16. The van der Waals surface area contributed by atoms with Gasteiger partial charge in [0.25, 0.3) is 5.91 Å². The lowest BCUT2D eigenvalue weighted by atomic mass is 10.1. The fourth-order valence-corrected chi connectivity index (χ4v) is 2.74. The highest BCUT2D eigenvalue weighted by Crippen LogP contribution is 2.35. The van der Waals surface area contributed by atoms with E-state index in [-0.39, 0.29) is 18.1 Å². The minimum absolute atomic E-state index is 0.0527. The maximum atomic E-state index is 11.8. The zero-order valence-corrected chi connectivity index (χ0v) is 11.9. The van der Waals surface area contributed by atoms with E-state index < -0.39 is 0 Å². The first-order chi connectivity index (χ1) is 9.69. The molecule has 2 aliphatic heterocycles. The quantitative estimate of drug-likeness (QED) is 0.901. The highest BCUT2D eigenvalue weighted by Gasteiger charge is 2.31. The third-order valence-electron chi connectivity index (χ3n) is 3.87. The van der Waals surface area contributed by atoms with Gasteiger partial charge >= 0.3 is 0 Å². The third-order valence-corrected chi connectivity index (χ3v) is 3.87. The van der Waals surface area contributed by atoms with Gasteiger partial charge in [-0.15, -0.1) is 0 Å². The van der Waals surface area contributed by atoms with Crippen LogP contribution in [0.25, 0.3) is 0 Å². The van der Waals surface area contributed by atoms with Gasteiger partial charge < -0.3 is 19.7 Å². The number of likely N-dealkylation sites (tertiary alicyclic amines) is 1. The van der Waals surface area contributed by atoms with Crippen LogP contribution in [0, 0.1) is 0 Å². The van der Waals surface area contributed by atoms with E-state index in [1.807, 2.05) is 18.2 Å². The van der Waals surface area contributed by atoms with Crippen molar-refractivity contribution in [2.24, 2.45) is 0 Å². The van der Waals surface area contributed by atoms with Crippen LogP contribution in [-0.2, 0) is 4.79 Å². The van der Waals surface area contributed by atoms with Crippen molar-refractivity contribution in [1.82, 2.24) is 10.2 Å². The Hall–Kier alpha value is -1.75. The molecule has 2 unspecified atom stereocenters. The van der Waals surface area contributed by atoms with Crippen molar-refractivity contribution in [2.75, 3.05) is 26.7 Å². The first kappa shape index (κ1) is 13.2. The Morgan fingerprint density at radius 2 is 2.35 bits per heavy atom. The number of likely N-dealkylation sites (N-methyl/N-ethyl adjacent to an activating group) is 2. The zero-order chi connectivity index (χ0) is 14.1. The molecule has 0 aliphatic carbocycles. The van der Waals surface area contributed by atoms with E-state index in [4.69, 9.17) is 9.47 Å². The van der Waals surface area contributed by atoms with Crippen molar-refractivity contribution in [2.45, 2.75) is 25.5 Å². The number of rotatable bonds is 4. The van der Waals surface area contributed by atoms with Gasteiger partial charge in [0.1, 0.15) is 18.1 Å². The van der Waals surface area contributed by atoms with Crippen molar-refractivity contribution >= 4 is 5.91 Å². The summed E-state index contributed by atoms with van der Waals surface area (Å²) in [4.78, 5) is 13.5. The normalized spacial score (nSPS) is 24.7. The van der Waals surface area contributed by atoms with Crippen LogP contribution in [0.3, 0.4) is 0 Å². The van der Waals surface area contributed by atoms with Crippen LogP contribution < -0.4 is 14.8 Å². The molecule has 2 heterocycles. The fraction of sp³-hybridized carbons (Fsp3) is 0.533. The summed E-state index contributed by atoms with van der Waals surface area (Å²) in [7, 11) is 1.80. The number of carbonyl (C=O) groups is 1. The first-order valence-corrected chi connectivity index (χ1v) is 7.11. The van der Waals surface area contributed by atoms with Crippen LogP contribution in [0.2, 0.25) is 0 Å². The second-order valence-corrected chi connectivity index (χ2v) is 5.28. The van der Waals surface area contributed by atoms with E-state index in [0.717, 1.165) is 30.8 Å². The predicted molar refractivity (Wildman–Crippen MR) is 75.0 cm³/mol. The molecule has 1 aromatic rings. The Balaban J connectivity index is 1.72. The van der Waals surface area contributed by atoms with Crippen molar-refractivity contribution in [3.05, 3.63) is 23.8 Å². The number of benzene rings is 1. The minimum Gasteiger partial charge on any atom is -0.491 e. The van der Waals surface area contributed by atoms with E-state index in [0.29, 0.717) is 12.4 Å². The summed E-state index contributed by atoms with van der Waals surface area (Å²) in [5, 5.41) is 3.38. The lowest BCUT2D eigenvalue weighted by molar-refractivity contribution is -0.132. The van der Waals surface area contributed by atoms with E-state index in [9.17, 15) is 4.79 Å². The molecule has 1 aromatic carbocycles. The number of amides is 1. The molecule has 1 fully saturated rings. The second kappa shape index (κ2) is 5.32. The SMILES string of the molecule is CCNC1COc2cc(OC3CCN(C)C3=O)ccc21. The first-order valence-electron chi connectivity index (χ1n) is 7.11. The average molecular weight is 276 g/mol. The van der Waals surface area contributed by atoms with E-state index >= 15 is 0 Å². The van der Waals surface area contributed by atoms with E-state index in [2.05, 4.69) is 12.2 Å². The lowest BCUT2D eigenvalue weighted by Gasteiger charge is -2.14. The van der Waals surface area contributed by atoms with Crippen LogP contribution >= 0.6 is 0 Å². The lowest BCUT2D eigenvalue weighted by Crippen LogP contribution is -2.29. The van der Waals surface area contributed by atoms with Crippen LogP contribution in [-0.4, -0.2) is 43.7 Å². The Morgan fingerprint density at radius 3 is 3.05 bits per heavy atom. The van der Waals surface area contributed by atoms with E-state index in [1.165, 1.54) is 0 Å². The molecule has 0 radical (unpaired) electrons. The van der Waals surface area contributed by atoms with Gasteiger partial charge in [0.2, 0.25) is 0 Å².